The van der Waals surface area contributed by atoms with Crippen LogP contribution in [0.25, 0.3) is 16.3 Å². The van der Waals surface area contributed by atoms with E-state index < -0.39 is 0 Å². The molecule has 0 radical (unpaired) electrons. The topological polar surface area (TPSA) is 42.0 Å². The maximum Gasteiger partial charge on any atom is 0.238 e. The molecular formula is C12H10N2OS2. The molecule has 3 nitrogen and oxygen atoms in total. The van der Waals surface area contributed by atoms with Crippen molar-refractivity contribution in [3.05, 3.63) is 34.3 Å². The molecule has 1 atom stereocenters. The normalized spacial score (nSPS) is 22.3. The van der Waals surface area contributed by atoms with E-state index in [1.807, 2.05) is 31.2 Å². The molecule has 5 heteroatoms. The first-order valence-corrected chi connectivity index (χ1v) is 6.97. The molecule has 1 amide bonds. The molecule has 1 fully saturated rings. The van der Waals surface area contributed by atoms with Crippen LogP contribution < -0.4 is 5.32 Å². The zero-order valence-corrected chi connectivity index (χ0v) is 10.8. The number of thioether (sulfide) groups is 1. The van der Waals surface area contributed by atoms with Gasteiger partial charge in [-0.25, -0.2) is 4.98 Å². The van der Waals surface area contributed by atoms with Gasteiger partial charge in [0.25, 0.3) is 0 Å². The fourth-order valence-electron chi connectivity index (χ4n) is 1.63. The molecule has 0 aliphatic carbocycles. The Labute approximate surface area is 107 Å². The molecule has 2 heterocycles. The number of hydrogen-bond acceptors (Lipinski definition) is 4. The number of nitrogens with zero attached hydrogens (tertiary/aromatic N) is 1. The standard InChI is InChI=1S/C12H10N2OS2/c1-7-12(15)14-11(16-7)6-10-13-8-4-2-3-5-9(8)17-10/h2-7H,1H3,(H,14,15)/b11-6-/t7-/m0/s1. The van der Waals surface area contributed by atoms with Gasteiger partial charge in [0.1, 0.15) is 5.01 Å². The number of rotatable bonds is 1. The summed E-state index contributed by atoms with van der Waals surface area (Å²) in [5, 5.41) is 4.67. The van der Waals surface area contributed by atoms with E-state index in [4.69, 9.17) is 0 Å². The SMILES string of the molecule is C[C@@H]1S/C(=C\c2nc3ccccc3s2)NC1=O. The summed E-state index contributed by atoms with van der Waals surface area (Å²) < 4.78 is 1.17. The third kappa shape index (κ3) is 2.08. The molecule has 17 heavy (non-hydrogen) atoms. The molecule has 0 saturated carbocycles. The van der Waals surface area contributed by atoms with Crippen LogP contribution in [0.4, 0.5) is 0 Å². The van der Waals surface area contributed by atoms with Crippen LogP contribution >= 0.6 is 23.1 Å². The highest BCUT2D eigenvalue weighted by molar-refractivity contribution is 8.04. The molecule has 1 N–H and O–H groups in total. The van der Waals surface area contributed by atoms with Gasteiger partial charge < -0.3 is 5.32 Å². The summed E-state index contributed by atoms with van der Waals surface area (Å²) in [6.45, 7) is 1.90. The molecule has 0 bridgehead atoms. The molecule has 1 aliphatic rings. The number of fused-ring (bicyclic) bond motifs is 1. The minimum atomic E-state index is -0.00405. The number of hydrogen-bond donors (Lipinski definition) is 1. The lowest BCUT2D eigenvalue weighted by atomic mass is 10.3. The van der Waals surface area contributed by atoms with Crippen LogP contribution in [0.2, 0.25) is 0 Å². The molecule has 0 unspecified atom stereocenters. The Morgan fingerprint density at radius 1 is 1.41 bits per heavy atom. The molecule has 1 saturated heterocycles. The van der Waals surface area contributed by atoms with Gasteiger partial charge in [0.05, 0.1) is 20.5 Å². The van der Waals surface area contributed by atoms with Crippen LogP contribution in [0.1, 0.15) is 11.9 Å². The van der Waals surface area contributed by atoms with Crippen LogP contribution in [0.15, 0.2) is 29.3 Å². The van der Waals surface area contributed by atoms with Crippen molar-refractivity contribution in [1.29, 1.82) is 0 Å². The minimum absolute atomic E-state index is 0.00405. The summed E-state index contributed by atoms with van der Waals surface area (Å²) in [5.74, 6) is 0.0716. The summed E-state index contributed by atoms with van der Waals surface area (Å²) in [7, 11) is 0. The number of nitrogens with one attached hydrogen (secondary N) is 1. The van der Waals surface area contributed by atoms with Crippen molar-refractivity contribution < 1.29 is 4.79 Å². The number of aromatic nitrogens is 1. The Kier molecular flexibility index (Phi) is 2.64. The van der Waals surface area contributed by atoms with Crippen LogP contribution in [-0.2, 0) is 4.79 Å². The first kappa shape index (κ1) is 10.8. The highest BCUT2D eigenvalue weighted by Crippen LogP contribution is 2.30. The third-order valence-electron chi connectivity index (χ3n) is 2.48. The van der Waals surface area contributed by atoms with E-state index in [1.165, 1.54) is 4.70 Å². The summed E-state index contributed by atoms with van der Waals surface area (Å²) in [5.41, 5.74) is 1.01. The molecule has 1 aromatic carbocycles. The maximum absolute atomic E-state index is 11.4. The molecule has 3 rings (SSSR count). The smallest absolute Gasteiger partial charge is 0.238 e. The quantitative estimate of drug-likeness (QED) is 0.859. The number of carbonyl (C=O) groups excluding carboxylic acids is 1. The zero-order valence-electron chi connectivity index (χ0n) is 9.14. The Hall–Kier alpha value is -1.33. The predicted octanol–water partition coefficient (Wildman–Crippen LogP) is 2.85. The highest BCUT2D eigenvalue weighted by Gasteiger charge is 2.24. The van der Waals surface area contributed by atoms with Crippen molar-refractivity contribution in [2.75, 3.05) is 0 Å². The van der Waals surface area contributed by atoms with Gasteiger partial charge in [0.2, 0.25) is 5.91 Å². The lowest BCUT2D eigenvalue weighted by molar-refractivity contribution is -0.118. The van der Waals surface area contributed by atoms with Crippen molar-refractivity contribution in [1.82, 2.24) is 10.3 Å². The van der Waals surface area contributed by atoms with E-state index in [0.717, 1.165) is 15.6 Å². The van der Waals surface area contributed by atoms with Crippen LogP contribution in [-0.4, -0.2) is 16.1 Å². The number of benzene rings is 1. The van der Waals surface area contributed by atoms with Crippen molar-refractivity contribution >= 4 is 45.3 Å². The molecule has 1 aromatic heterocycles. The molecule has 0 spiro atoms. The Balaban J connectivity index is 1.95. The summed E-state index contributed by atoms with van der Waals surface area (Å²) >= 11 is 3.18. The number of amides is 1. The van der Waals surface area contributed by atoms with Crippen LogP contribution in [0.3, 0.4) is 0 Å². The fraction of sp³-hybridized carbons (Fsp3) is 0.167. The van der Waals surface area contributed by atoms with Crippen molar-refractivity contribution in [3.63, 3.8) is 0 Å². The Bertz CT molecular complexity index is 585. The third-order valence-corrected chi connectivity index (χ3v) is 4.51. The summed E-state index contributed by atoms with van der Waals surface area (Å²) in [6, 6.07) is 8.04. The van der Waals surface area contributed by atoms with Gasteiger partial charge in [0, 0.05) is 6.08 Å². The maximum atomic E-state index is 11.4. The Morgan fingerprint density at radius 2 is 2.24 bits per heavy atom. The predicted molar refractivity (Wildman–Crippen MR) is 72.8 cm³/mol. The molecule has 2 aromatic rings. The monoisotopic (exact) mass is 262 g/mol. The Morgan fingerprint density at radius 3 is 2.94 bits per heavy atom. The van der Waals surface area contributed by atoms with E-state index in [-0.39, 0.29) is 11.2 Å². The number of carbonyl (C=O) groups is 1. The van der Waals surface area contributed by atoms with E-state index in [9.17, 15) is 4.79 Å². The van der Waals surface area contributed by atoms with Gasteiger partial charge in [-0.15, -0.1) is 11.3 Å². The molecular weight excluding hydrogens is 252 g/mol. The van der Waals surface area contributed by atoms with Gasteiger partial charge in [0.15, 0.2) is 0 Å². The van der Waals surface area contributed by atoms with E-state index >= 15 is 0 Å². The first-order chi connectivity index (χ1) is 8.22. The van der Waals surface area contributed by atoms with Crippen LogP contribution in [0.5, 0.6) is 0 Å². The zero-order chi connectivity index (χ0) is 11.8. The highest BCUT2D eigenvalue weighted by atomic mass is 32.2. The van der Waals surface area contributed by atoms with Gasteiger partial charge in [-0.2, -0.15) is 0 Å². The molecule has 1 aliphatic heterocycles. The minimum Gasteiger partial charge on any atom is -0.320 e. The second kappa shape index (κ2) is 4.16. The second-order valence-electron chi connectivity index (χ2n) is 3.78. The van der Waals surface area contributed by atoms with Crippen molar-refractivity contribution in [3.8, 4) is 0 Å². The summed E-state index contributed by atoms with van der Waals surface area (Å²) in [4.78, 5) is 15.9. The number of thiazole rings is 1. The second-order valence-corrected chi connectivity index (χ2v) is 6.22. The van der Waals surface area contributed by atoms with Crippen molar-refractivity contribution in [2.45, 2.75) is 12.2 Å². The average molecular weight is 262 g/mol. The van der Waals surface area contributed by atoms with E-state index in [1.54, 1.807) is 23.1 Å². The van der Waals surface area contributed by atoms with E-state index in [0.29, 0.717) is 0 Å². The average Bonchev–Trinajstić information content (AvgIpc) is 2.83. The lowest BCUT2D eigenvalue weighted by Gasteiger charge is -1.92. The molecule has 86 valence electrons. The first-order valence-electron chi connectivity index (χ1n) is 5.27. The fourth-order valence-corrected chi connectivity index (χ4v) is 3.50. The number of para-hydroxylation sites is 1. The van der Waals surface area contributed by atoms with Gasteiger partial charge >= 0.3 is 0 Å². The van der Waals surface area contributed by atoms with Gasteiger partial charge in [-0.3, -0.25) is 4.79 Å². The summed E-state index contributed by atoms with van der Waals surface area (Å²) in [6.07, 6.45) is 1.94. The van der Waals surface area contributed by atoms with Crippen molar-refractivity contribution in [2.24, 2.45) is 0 Å². The van der Waals surface area contributed by atoms with Gasteiger partial charge in [-0.05, 0) is 19.1 Å². The van der Waals surface area contributed by atoms with Gasteiger partial charge in [-0.1, -0.05) is 23.9 Å². The van der Waals surface area contributed by atoms with Crippen LogP contribution in [0, 0.1) is 0 Å². The lowest BCUT2D eigenvalue weighted by Crippen LogP contribution is -2.19. The van der Waals surface area contributed by atoms with E-state index in [2.05, 4.69) is 16.4 Å². The largest absolute Gasteiger partial charge is 0.320 e.